The summed E-state index contributed by atoms with van der Waals surface area (Å²) < 4.78 is 0. The molecular weight excluding hydrogens is 717 g/mol. The van der Waals surface area contributed by atoms with E-state index in [-0.39, 0.29) is 18.1 Å². The van der Waals surface area contributed by atoms with Crippen LogP contribution in [0, 0.1) is 0 Å². The SMILES string of the molecule is CC1(C)CC(N(CCc2ccccc2)C(=O)N2c3cccc(-c4ccccn4)c3CCC2(C)C)c2ccc(-c3ccccn3)cc2N1C(=O)NCCc1ccccc1. The maximum absolute atomic E-state index is 15.8. The molecule has 0 radical (unpaired) electrons. The van der Waals surface area contributed by atoms with Crippen molar-refractivity contribution in [3.8, 4) is 22.5 Å². The highest BCUT2D eigenvalue weighted by molar-refractivity contribution is 5.98. The molecule has 0 saturated carbocycles. The second-order valence-electron chi connectivity index (χ2n) is 16.7. The molecule has 1 unspecified atom stereocenters. The number of benzene rings is 4. The van der Waals surface area contributed by atoms with Gasteiger partial charge in [-0.1, -0.05) is 97.1 Å². The van der Waals surface area contributed by atoms with Crippen LogP contribution in [0.3, 0.4) is 0 Å². The van der Waals surface area contributed by atoms with E-state index in [1.54, 1.807) is 6.20 Å². The van der Waals surface area contributed by atoms with E-state index in [0.717, 1.165) is 69.8 Å². The number of carbonyl (C=O) groups is 2. The van der Waals surface area contributed by atoms with E-state index >= 15 is 4.79 Å². The van der Waals surface area contributed by atoms with E-state index in [1.165, 1.54) is 5.56 Å². The Labute approximate surface area is 342 Å². The van der Waals surface area contributed by atoms with Crippen molar-refractivity contribution in [2.45, 2.75) is 76.9 Å². The molecule has 0 fully saturated rings. The Balaban J connectivity index is 1.22. The lowest BCUT2D eigenvalue weighted by atomic mass is 9.81. The van der Waals surface area contributed by atoms with Crippen LogP contribution in [0.5, 0.6) is 0 Å². The number of aromatic nitrogens is 2. The Morgan fingerprint density at radius 2 is 1.34 bits per heavy atom. The zero-order chi connectivity index (χ0) is 40.3. The zero-order valence-electron chi connectivity index (χ0n) is 33.9. The smallest absolute Gasteiger partial charge is 0.325 e. The molecule has 2 aliphatic heterocycles. The summed E-state index contributed by atoms with van der Waals surface area (Å²) in [5.74, 6) is 0. The Bertz CT molecular complexity index is 2370. The van der Waals surface area contributed by atoms with Crippen LogP contribution < -0.4 is 15.1 Å². The fourth-order valence-electron chi connectivity index (χ4n) is 8.86. The Morgan fingerprint density at radius 3 is 2.02 bits per heavy atom. The predicted molar refractivity (Wildman–Crippen MR) is 234 cm³/mol. The number of nitrogens with one attached hydrogen (secondary N) is 1. The van der Waals surface area contributed by atoms with Crippen LogP contribution in [0.25, 0.3) is 22.5 Å². The highest BCUT2D eigenvalue weighted by Gasteiger charge is 2.47. The van der Waals surface area contributed by atoms with Gasteiger partial charge in [-0.3, -0.25) is 19.8 Å². The third-order valence-electron chi connectivity index (χ3n) is 11.8. The first-order valence-corrected chi connectivity index (χ1v) is 20.5. The lowest BCUT2D eigenvalue weighted by Crippen LogP contribution is -2.60. The first-order chi connectivity index (χ1) is 28.1. The molecule has 2 aromatic heterocycles. The molecule has 6 aromatic rings. The standard InChI is InChI=1S/C50H52N6O2/c1-49(2)29-26-40-39(43-22-12-14-31-52-43)20-15-23-44(40)56(49)48(58)54(33-28-37-18-9-6-10-19-37)46-35-50(3,4)55(47(57)53-32-27-36-16-7-5-8-17-36)45-34-38(24-25-41(45)46)42-21-11-13-30-51-42/h5-25,30-31,34,46H,26-29,32-33,35H2,1-4H3,(H,53,57). The molecule has 4 amide bonds. The number of anilines is 2. The maximum Gasteiger partial charge on any atom is 0.325 e. The van der Waals surface area contributed by atoms with E-state index in [2.05, 4.69) is 110 Å². The van der Waals surface area contributed by atoms with Crippen LogP contribution in [-0.4, -0.2) is 51.1 Å². The average Bonchev–Trinajstić information content (AvgIpc) is 3.24. The van der Waals surface area contributed by atoms with E-state index in [0.29, 0.717) is 25.9 Å². The normalized spacial score (nSPS) is 16.5. The summed E-state index contributed by atoms with van der Waals surface area (Å²) in [6.45, 7) is 9.58. The molecule has 0 spiro atoms. The van der Waals surface area contributed by atoms with Crippen LogP contribution in [0.15, 0.2) is 146 Å². The van der Waals surface area contributed by atoms with Crippen LogP contribution in [0.1, 0.15) is 68.8 Å². The molecule has 2 aliphatic rings. The van der Waals surface area contributed by atoms with E-state index in [1.807, 2.05) is 82.7 Å². The summed E-state index contributed by atoms with van der Waals surface area (Å²) in [4.78, 5) is 45.6. The summed E-state index contributed by atoms with van der Waals surface area (Å²) in [5, 5.41) is 3.24. The predicted octanol–water partition coefficient (Wildman–Crippen LogP) is 10.7. The van der Waals surface area contributed by atoms with Gasteiger partial charge in [-0.2, -0.15) is 0 Å². The molecule has 0 saturated heterocycles. The van der Waals surface area contributed by atoms with E-state index < -0.39 is 11.1 Å². The van der Waals surface area contributed by atoms with Gasteiger partial charge in [0.15, 0.2) is 0 Å². The Morgan fingerprint density at radius 1 is 0.690 bits per heavy atom. The van der Waals surface area contributed by atoms with Crippen molar-refractivity contribution in [3.05, 3.63) is 168 Å². The number of hydrogen-bond acceptors (Lipinski definition) is 4. The molecule has 0 aliphatic carbocycles. The van der Waals surface area contributed by atoms with Gasteiger partial charge in [0.25, 0.3) is 0 Å². The number of carbonyl (C=O) groups excluding carboxylic acids is 2. The van der Waals surface area contributed by atoms with Gasteiger partial charge in [0.05, 0.1) is 23.1 Å². The van der Waals surface area contributed by atoms with Gasteiger partial charge in [0.2, 0.25) is 0 Å². The molecule has 8 nitrogen and oxygen atoms in total. The third kappa shape index (κ3) is 7.84. The number of urea groups is 2. The molecule has 0 bridgehead atoms. The summed E-state index contributed by atoms with van der Waals surface area (Å²) in [5.41, 5.74) is 8.69. The lowest BCUT2D eigenvalue weighted by Gasteiger charge is -2.51. The van der Waals surface area contributed by atoms with Crippen molar-refractivity contribution < 1.29 is 9.59 Å². The van der Waals surface area contributed by atoms with Gasteiger partial charge in [-0.05, 0) is 118 Å². The van der Waals surface area contributed by atoms with Crippen LogP contribution in [-0.2, 0) is 19.3 Å². The van der Waals surface area contributed by atoms with Crippen molar-refractivity contribution >= 4 is 23.4 Å². The van der Waals surface area contributed by atoms with Gasteiger partial charge in [0.1, 0.15) is 0 Å². The van der Waals surface area contributed by atoms with Gasteiger partial charge < -0.3 is 10.2 Å². The maximum atomic E-state index is 15.8. The van der Waals surface area contributed by atoms with Crippen molar-refractivity contribution in [1.29, 1.82) is 0 Å². The van der Waals surface area contributed by atoms with Crippen LogP contribution >= 0.6 is 0 Å². The van der Waals surface area contributed by atoms with Crippen LogP contribution in [0.2, 0.25) is 0 Å². The number of amides is 4. The molecule has 1 N–H and O–H groups in total. The molecular formula is C50H52N6O2. The summed E-state index contributed by atoms with van der Waals surface area (Å²) >= 11 is 0. The number of rotatable bonds is 9. The number of hydrogen-bond donors (Lipinski definition) is 1. The number of fused-ring (bicyclic) bond motifs is 2. The fraction of sp³-hybridized carbons (Fsp3) is 0.280. The third-order valence-corrected chi connectivity index (χ3v) is 11.8. The second kappa shape index (κ2) is 16.3. The summed E-state index contributed by atoms with van der Waals surface area (Å²) in [6, 6.07) is 44.5. The van der Waals surface area contributed by atoms with Gasteiger partial charge in [-0.15, -0.1) is 0 Å². The van der Waals surface area contributed by atoms with Crippen molar-refractivity contribution in [2.75, 3.05) is 22.9 Å². The minimum atomic E-state index is -0.663. The van der Waals surface area contributed by atoms with Crippen LogP contribution in [0.4, 0.5) is 21.0 Å². The fourth-order valence-corrected chi connectivity index (χ4v) is 8.86. The quantitative estimate of drug-likeness (QED) is 0.159. The zero-order valence-corrected chi connectivity index (χ0v) is 33.9. The topological polar surface area (TPSA) is 81.7 Å². The van der Waals surface area contributed by atoms with E-state index in [4.69, 9.17) is 4.98 Å². The minimum Gasteiger partial charge on any atom is -0.337 e. The second-order valence-corrected chi connectivity index (χ2v) is 16.7. The monoisotopic (exact) mass is 768 g/mol. The molecule has 4 heterocycles. The Hall–Kier alpha value is -6.28. The van der Waals surface area contributed by atoms with Gasteiger partial charge in [0, 0.05) is 53.4 Å². The molecule has 4 aromatic carbocycles. The van der Waals surface area contributed by atoms with E-state index in [9.17, 15) is 4.79 Å². The molecule has 294 valence electrons. The largest absolute Gasteiger partial charge is 0.337 e. The summed E-state index contributed by atoms with van der Waals surface area (Å²) in [7, 11) is 0. The summed E-state index contributed by atoms with van der Waals surface area (Å²) in [6.07, 6.45) is 7.21. The first-order valence-electron chi connectivity index (χ1n) is 20.5. The van der Waals surface area contributed by atoms with Gasteiger partial charge in [-0.25, -0.2) is 9.59 Å². The highest BCUT2D eigenvalue weighted by Crippen LogP contribution is 2.48. The first kappa shape index (κ1) is 38.6. The highest BCUT2D eigenvalue weighted by atomic mass is 16.2. The van der Waals surface area contributed by atoms with Crippen molar-refractivity contribution in [1.82, 2.24) is 20.2 Å². The number of pyridine rings is 2. The Kier molecular flexibility index (Phi) is 10.8. The average molecular weight is 769 g/mol. The molecule has 8 heteroatoms. The number of nitrogens with zero attached hydrogens (tertiary/aromatic N) is 5. The molecule has 8 rings (SSSR count). The molecule has 1 atom stereocenters. The van der Waals surface area contributed by atoms with Gasteiger partial charge >= 0.3 is 12.1 Å². The molecule has 58 heavy (non-hydrogen) atoms. The lowest BCUT2D eigenvalue weighted by molar-refractivity contribution is 0.155. The minimum absolute atomic E-state index is 0.0404. The van der Waals surface area contributed by atoms with Crippen molar-refractivity contribution in [3.63, 3.8) is 0 Å². The van der Waals surface area contributed by atoms with Crippen molar-refractivity contribution in [2.24, 2.45) is 0 Å².